The van der Waals surface area contributed by atoms with Gasteiger partial charge in [-0.05, 0) is 59.1 Å². The number of rotatable bonds is 4. The molecule has 0 aliphatic heterocycles. The van der Waals surface area contributed by atoms with Crippen LogP contribution < -0.4 is 0 Å². The highest BCUT2D eigenvalue weighted by Crippen LogP contribution is 2.24. The molecule has 4 aromatic rings. The van der Waals surface area contributed by atoms with Crippen molar-refractivity contribution in [1.29, 1.82) is 0 Å². The van der Waals surface area contributed by atoms with Gasteiger partial charge in [-0.1, -0.05) is 48.6 Å². The van der Waals surface area contributed by atoms with Gasteiger partial charge in [0.2, 0.25) is 5.89 Å². The normalized spacial score (nSPS) is 11.3. The Morgan fingerprint density at radius 2 is 1.46 bits per heavy atom. The van der Waals surface area contributed by atoms with Crippen LogP contribution in [0.15, 0.2) is 77.2 Å². The van der Waals surface area contributed by atoms with Crippen LogP contribution in [-0.4, -0.2) is 10.2 Å². The summed E-state index contributed by atoms with van der Waals surface area (Å²) in [6.45, 7) is 0. The first-order valence-electron chi connectivity index (χ1n) is 8.13. The summed E-state index contributed by atoms with van der Waals surface area (Å²) in [6.07, 6.45) is 3.99. The van der Waals surface area contributed by atoms with Gasteiger partial charge in [0.05, 0.1) is 0 Å². The third kappa shape index (κ3) is 3.44. The maximum absolute atomic E-state index is 11.1. The summed E-state index contributed by atoms with van der Waals surface area (Å²) in [5.41, 5.74) is 5.11. The number of fused-ring (bicyclic) bond motifs is 1. The number of oxazole rings is 1. The molecule has 0 spiro atoms. The molecule has 0 bridgehead atoms. The van der Waals surface area contributed by atoms with Gasteiger partial charge < -0.3 is 4.42 Å². The lowest BCUT2D eigenvalue weighted by Gasteiger charge is -1.98. The van der Waals surface area contributed by atoms with Crippen molar-refractivity contribution in [2.24, 2.45) is 0 Å². The molecule has 1 aromatic heterocycles. The van der Waals surface area contributed by atoms with Gasteiger partial charge in [-0.25, -0.2) is 4.98 Å². The Morgan fingerprint density at radius 3 is 2.08 bits per heavy atom. The molecular weight excluding hydrogens is 346 g/mol. The molecule has 0 radical (unpaired) electrons. The Kier molecular flexibility index (Phi) is 4.38. The Hall–Kier alpha value is -3.17. The first kappa shape index (κ1) is 16.3. The first-order valence-corrected chi connectivity index (χ1v) is 8.51. The van der Waals surface area contributed by atoms with Crippen LogP contribution in [-0.2, 0) is 0 Å². The molecule has 1 heterocycles. The predicted molar refractivity (Wildman–Crippen MR) is 105 cm³/mol. The van der Waals surface area contributed by atoms with E-state index < -0.39 is 5.24 Å². The number of carbonyl (C=O) groups excluding carboxylic acids is 1. The molecule has 4 heteroatoms. The van der Waals surface area contributed by atoms with Gasteiger partial charge in [0.25, 0.3) is 5.24 Å². The lowest BCUT2D eigenvalue weighted by atomic mass is 10.1. The van der Waals surface area contributed by atoms with E-state index in [0.717, 1.165) is 27.8 Å². The zero-order valence-electron chi connectivity index (χ0n) is 13.7. The molecule has 0 N–H and O–H groups in total. The van der Waals surface area contributed by atoms with Crippen molar-refractivity contribution < 1.29 is 9.21 Å². The summed E-state index contributed by atoms with van der Waals surface area (Å²) in [6, 6.07) is 22.9. The SMILES string of the molecule is O=C(Cl)c1ccc(/C=C/c2ccc(-c3nc4ccccc4o3)cc2)cc1. The van der Waals surface area contributed by atoms with Crippen LogP contribution in [0.3, 0.4) is 0 Å². The van der Waals surface area contributed by atoms with Gasteiger partial charge >= 0.3 is 0 Å². The van der Waals surface area contributed by atoms with E-state index in [4.69, 9.17) is 16.0 Å². The predicted octanol–water partition coefficient (Wildman–Crippen LogP) is 6.04. The highest BCUT2D eigenvalue weighted by Gasteiger charge is 2.07. The Morgan fingerprint density at radius 1 is 0.846 bits per heavy atom. The summed E-state index contributed by atoms with van der Waals surface area (Å²) in [4.78, 5) is 15.6. The van der Waals surface area contributed by atoms with E-state index >= 15 is 0 Å². The molecular formula is C22H14ClNO2. The Bertz CT molecular complexity index is 1060. The molecule has 0 saturated carbocycles. The van der Waals surface area contributed by atoms with Gasteiger partial charge in [-0.2, -0.15) is 0 Å². The molecule has 0 aliphatic carbocycles. The summed E-state index contributed by atoms with van der Waals surface area (Å²) < 4.78 is 5.79. The fourth-order valence-corrected chi connectivity index (χ4v) is 2.78. The van der Waals surface area contributed by atoms with E-state index in [1.54, 1.807) is 12.1 Å². The van der Waals surface area contributed by atoms with Crippen molar-refractivity contribution in [2.45, 2.75) is 0 Å². The average Bonchev–Trinajstić information content (AvgIpc) is 3.11. The Balaban J connectivity index is 1.52. The number of hydrogen-bond acceptors (Lipinski definition) is 3. The molecule has 0 saturated heterocycles. The van der Waals surface area contributed by atoms with Crippen LogP contribution in [0, 0.1) is 0 Å². The fourth-order valence-electron chi connectivity index (χ4n) is 2.65. The minimum atomic E-state index is -0.449. The first-order chi connectivity index (χ1) is 12.7. The van der Waals surface area contributed by atoms with Gasteiger partial charge in [-0.15, -0.1) is 0 Å². The van der Waals surface area contributed by atoms with Crippen LogP contribution in [0.2, 0.25) is 0 Å². The summed E-state index contributed by atoms with van der Waals surface area (Å²) in [7, 11) is 0. The summed E-state index contributed by atoms with van der Waals surface area (Å²) in [5, 5.41) is -0.449. The number of halogens is 1. The third-order valence-electron chi connectivity index (χ3n) is 4.06. The quantitative estimate of drug-likeness (QED) is 0.329. The zero-order chi connectivity index (χ0) is 17.9. The van der Waals surface area contributed by atoms with Crippen LogP contribution >= 0.6 is 11.6 Å². The number of nitrogens with zero attached hydrogens (tertiary/aromatic N) is 1. The minimum absolute atomic E-state index is 0.449. The second-order valence-electron chi connectivity index (χ2n) is 5.84. The molecule has 0 unspecified atom stereocenters. The number of para-hydroxylation sites is 2. The van der Waals surface area contributed by atoms with Crippen molar-refractivity contribution in [3.63, 3.8) is 0 Å². The van der Waals surface area contributed by atoms with Gasteiger partial charge in [0, 0.05) is 11.1 Å². The zero-order valence-corrected chi connectivity index (χ0v) is 14.5. The maximum Gasteiger partial charge on any atom is 0.252 e. The van der Waals surface area contributed by atoms with Gasteiger partial charge in [0.1, 0.15) is 5.52 Å². The van der Waals surface area contributed by atoms with Crippen molar-refractivity contribution in [3.05, 3.63) is 89.5 Å². The standard InChI is InChI=1S/C22H14ClNO2/c23-21(25)17-11-7-15(8-12-17)5-6-16-9-13-18(14-10-16)22-24-19-3-1-2-4-20(19)26-22/h1-14H/b6-5+. The van der Waals surface area contributed by atoms with E-state index in [9.17, 15) is 4.79 Å². The molecule has 4 rings (SSSR count). The topological polar surface area (TPSA) is 43.1 Å². The van der Waals surface area contributed by atoms with Gasteiger partial charge in [-0.3, -0.25) is 4.79 Å². The molecule has 0 fully saturated rings. The average molecular weight is 360 g/mol. The molecule has 3 aromatic carbocycles. The third-order valence-corrected chi connectivity index (χ3v) is 4.28. The molecule has 0 atom stereocenters. The number of hydrogen-bond donors (Lipinski definition) is 0. The molecule has 0 aliphatic rings. The van der Waals surface area contributed by atoms with E-state index in [1.165, 1.54) is 0 Å². The Labute approximate surface area is 155 Å². The highest BCUT2D eigenvalue weighted by molar-refractivity contribution is 6.67. The highest BCUT2D eigenvalue weighted by atomic mass is 35.5. The van der Waals surface area contributed by atoms with E-state index in [1.807, 2.05) is 72.8 Å². The van der Waals surface area contributed by atoms with Crippen LogP contribution in [0.4, 0.5) is 0 Å². The van der Waals surface area contributed by atoms with Crippen LogP contribution in [0.25, 0.3) is 34.7 Å². The second-order valence-corrected chi connectivity index (χ2v) is 6.18. The van der Waals surface area contributed by atoms with E-state index in [2.05, 4.69) is 4.98 Å². The van der Waals surface area contributed by atoms with Crippen molar-refractivity contribution >= 4 is 40.1 Å². The van der Waals surface area contributed by atoms with Crippen molar-refractivity contribution in [3.8, 4) is 11.5 Å². The largest absolute Gasteiger partial charge is 0.436 e. The van der Waals surface area contributed by atoms with Gasteiger partial charge in [0.15, 0.2) is 5.58 Å². The molecule has 26 heavy (non-hydrogen) atoms. The molecule has 3 nitrogen and oxygen atoms in total. The fraction of sp³-hybridized carbons (Fsp3) is 0. The lowest BCUT2D eigenvalue weighted by molar-refractivity contribution is 0.108. The minimum Gasteiger partial charge on any atom is -0.436 e. The number of carbonyl (C=O) groups is 1. The lowest BCUT2D eigenvalue weighted by Crippen LogP contribution is -1.87. The summed E-state index contributed by atoms with van der Waals surface area (Å²) in [5.74, 6) is 0.614. The second kappa shape index (κ2) is 6.98. The van der Waals surface area contributed by atoms with Crippen LogP contribution in [0.5, 0.6) is 0 Å². The molecule has 0 amide bonds. The van der Waals surface area contributed by atoms with Crippen LogP contribution in [0.1, 0.15) is 21.5 Å². The monoisotopic (exact) mass is 359 g/mol. The maximum atomic E-state index is 11.1. The number of aromatic nitrogens is 1. The molecule has 126 valence electrons. The summed E-state index contributed by atoms with van der Waals surface area (Å²) >= 11 is 5.45. The number of benzene rings is 3. The van der Waals surface area contributed by atoms with E-state index in [0.29, 0.717) is 11.5 Å². The van der Waals surface area contributed by atoms with E-state index in [-0.39, 0.29) is 0 Å². The van der Waals surface area contributed by atoms with Crippen molar-refractivity contribution in [1.82, 2.24) is 4.98 Å². The van der Waals surface area contributed by atoms with Crippen molar-refractivity contribution in [2.75, 3.05) is 0 Å². The smallest absolute Gasteiger partial charge is 0.252 e.